The zero-order valence-electron chi connectivity index (χ0n) is 7.94. The summed E-state index contributed by atoms with van der Waals surface area (Å²) >= 11 is 6.40. The third kappa shape index (κ3) is 3.46. The van der Waals surface area contributed by atoms with Crippen molar-refractivity contribution in [3.8, 4) is 0 Å². The van der Waals surface area contributed by atoms with Crippen LogP contribution >= 0.6 is 31.9 Å². The van der Waals surface area contributed by atoms with Gasteiger partial charge in [0.25, 0.3) is 5.56 Å². The number of halogens is 2. The van der Waals surface area contributed by atoms with Gasteiger partial charge >= 0.3 is 5.97 Å². The molecule has 6 heteroatoms. The lowest BCUT2D eigenvalue weighted by Crippen LogP contribution is -2.28. The monoisotopic (exact) mass is 337 g/mol. The average molecular weight is 339 g/mol. The highest BCUT2D eigenvalue weighted by atomic mass is 79.9. The number of hydrogen-bond donors (Lipinski definition) is 0. The van der Waals surface area contributed by atoms with Crippen LogP contribution in [0.15, 0.2) is 27.6 Å². The molecule has 0 spiro atoms. The maximum atomic E-state index is 11.4. The lowest BCUT2D eigenvalue weighted by molar-refractivity contribution is -0.140. The van der Waals surface area contributed by atoms with Crippen LogP contribution in [-0.2, 0) is 16.1 Å². The van der Waals surface area contributed by atoms with Crippen molar-refractivity contribution in [2.45, 2.75) is 11.4 Å². The summed E-state index contributed by atoms with van der Waals surface area (Å²) in [5.41, 5.74) is -0.161. The van der Waals surface area contributed by atoms with Crippen molar-refractivity contribution in [2.24, 2.45) is 0 Å². The standard InChI is InChI=1S/C9H9Br2NO3/c1-15-9(14)7(11)5-12-4-6(10)2-3-8(12)13/h2-4,7H,5H2,1H3. The Morgan fingerprint density at radius 2 is 2.27 bits per heavy atom. The molecule has 0 fully saturated rings. The van der Waals surface area contributed by atoms with Crippen LogP contribution in [0.4, 0.5) is 0 Å². The Morgan fingerprint density at radius 1 is 1.60 bits per heavy atom. The van der Waals surface area contributed by atoms with Crippen molar-refractivity contribution < 1.29 is 9.53 Å². The summed E-state index contributed by atoms with van der Waals surface area (Å²) in [5, 5.41) is 0. The minimum Gasteiger partial charge on any atom is -0.468 e. The second-order valence-electron chi connectivity index (χ2n) is 2.83. The number of carbonyl (C=O) groups excluding carboxylic acids is 1. The van der Waals surface area contributed by atoms with Gasteiger partial charge in [0.1, 0.15) is 4.83 Å². The molecule has 0 aliphatic rings. The van der Waals surface area contributed by atoms with Crippen LogP contribution in [0.2, 0.25) is 0 Å². The van der Waals surface area contributed by atoms with Crippen molar-refractivity contribution in [3.05, 3.63) is 33.2 Å². The molecule has 0 N–H and O–H groups in total. The molecule has 0 aromatic carbocycles. The molecule has 1 aromatic rings. The zero-order valence-corrected chi connectivity index (χ0v) is 11.1. The second-order valence-corrected chi connectivity index (χ2v) is 4.85. The first-order valence-corrected chi connectivity index (χ1v) is 5.83. The Balaban J connectivity index is 2.85. The summed E-state index contributed by atoms with van der Waals surface area (Å²) in [6.07, 6.45) is 1.62. The molecule has 82 valence electrons. The van der Waals surface area contributed by atoms with E-state index in [9.17, 15) is 9.59 Å². The van der Waals surface area contributed by atoms with Crippen molar-refractivity contribution >= 4 is 37.8 Å². The van der Waals surface area contributed by atoms with E-state index in [-0.39, 0.29) is 12.1 Å². The Labute approximate surface area is 103 Å². The Kier molecular flexibility index (Phi) is 4.53. The molecule has 0 saturated heterocycles. The van der Waals surface area contributed by atoms with Crippen LogP contribution < -0.4 is 5.56 Å². The maximum absolute atomic E-state index is 11.4. The predicted octanol–water partition coefficient (Wildman–Crippen LogP) is 1.55. The highest BCUT2D eigenvalue weighted by molar-refractivity contribution is 9.10. The van der Waals surface area contributed by atoms with Gasteiger partial charge in [0.05, 0.1) is 7.11 Å². The molecule has 0 bridgehead atoms. The molecule has 1 heterocycles. The fourth-order valence-electron chi connectivity index (χ4n) is 1.02. The fraction of sp³-hybridized carbons (Fsp3) is 0.333. The number of esters is 1. The normalized spacial score (nSPS) is 12.2. The van der Waals surface area contributed by atoms with Crippen LogP contribution in [-0.4, -0.2) is 22.5 Å². The van der Waals surface area contributed by atoms with Crippen molar-refractivity contribution in [1.29, 1.82) is 0 Å². The molecule has 15 heavy (non-hydrogen) atoms. The molecule has 1 atom stereocenters. The van der Waals surface area contributed by atoms with Crippen LogP contribution in [0, 0.1) is 0 Å². The van der Waals surface area contributed by atoms with Gasteiger partial charge in [-0.2, -0.15) is 0 Å². The second kappa shape index (κ2) is 5.46. The van der Waals surface area contributed by atoms with E-state index in [1.54, 1.807) is 12.3 Å². The highest BCUT2D eigenvalue weighted by Crippen LogP contribution is 2.08. The van der Waals surface area contributed by atoms with Crippen LogP contribution in [0.1, 0.15) is 0 Å². The van der Waals surface area contributed by atoms with Gasteiger partial charge in [0.15, 0.2) is 0 Å². The molecule has 0 aliphatic heterocycles. The van der Waals surface area contributed by atoms with Crippen molar-refractivity contribution in [2.75, 3.05) is 7.11 Å². The quantitative estimate of drug-likeness (QED) is 0.620. The van der Waals surface area contributed by atoms with E-state index in [0.29, 0.717) is 0 Å². The lowest BCUT2D eigenvalue weighted by atomic mass is 10.4. The molecular weight excluding hydrogens is 330 g/mol. The first-order valence-electron chi connectivity index (χ1n) is 4.12. The molecule has 0 amide bonds. The third-order valence-corrected chi connectivity index (χ3v) is 2.89. The molecule has 1 aromatic heterocycles. The Hall–Kier alpha value is -0.620. The number of pyridine rings is 1. The number of methoxy groups -OCH3 is 1. The summed E-state index contributed by atoms with van der Waals surface area (Å²) in [7, 11) is 1.31. The van der Waals surface area contributed by atoms with Gasteiger partial charge in [-0.05, 0) is 22.0 Å². The molecule has 0 aliphatic carbocycles. The SMILES string of the molecule is COC(=O)C(Br)Cn1cc(Br)ccc1=O. The maximum Gasteiger partial charge on any atom is 0.321 e. The molecular formula is C9H9Br2NO3. The number of rotatable bonds is 3. The minimum atomic E-state index is -0.519. The van der Waals surface area contributed by atoms with Gasteiger partial charge in [0.2, 0.25) is 0 Å². The summed E-state index contributed by atoms with van der Waals surface area (Å²) < 4.78 is 6.76. The van der Waals surface area contributed by atoms with E-state index in [2.05, 4.69) is 36.6 Å². The van der Waals surface area contributed by atoms with E-state index < -0.39 is 10.8 Å². The number of carbonyl (C=O) groups is 1. The Morgan fingerprint density at radius 3 is 2.87 bits per heavy atom. The van der Waals surface area contributed by atoms with E-state index in [1.807, 2.05) is 0 Å². The third-order valence-electron chi connectivity index (χ3n) is 1.76. The van der Waals surface area contributed by atoms with E-state index in [1.165, 1.54) is 17.7 Å². The summed E-state index contributed by atoms with van der Waals surface area (Å²) in [6, 6.07) is 3.08. The molecule has 0 radical (unpaired) electrons. The number of aromatic nitrogens is 1. The zero-order chi connectivity index (χ0) is 11.4. The van der Waals surface area contributed by atoms with E-state index >= 15 is 0 Å². The van der Waals surface area contributed by atoms with Gasteiger partial charge in [0, 0.05) is 23.3 Å². The smallest absolute Gasteiger partial charge is 0.321 e. The number of nitrogens with zero attached hydrogens (tertiary/aromatic N) is 1. The molecule has 0 saturated carbocycles. The van der Waals surface area contributed by atoms with Gasteiger partial charge in [-0.3, -0.25) is 9.59 Å². The summed E-state index contributed by atoms with van der Waals surface area (Å²) in [5.74, 6) is -0.401. The highest BCUT2D eigenvalue weighted by Gasteiger charge is 2.16. The average Bonchev–Trinajstić information content (AvgIpc) is 2.22. The van der Waals surface area contributed by atoms with Crippen molar-refractivity contribution in [1.82, 2.24) is 4.57 Å². The molecule has 4 nitrogen and oxygen atoms in total. The first kappa shape index (κ1) is 12.4. The van der Waals surface area contributed by atoms with E-state index in [0.717, 1.165) is 4.47 Å². The molecule has 1 unspecified atom stereocenters. The largest absolute Gasteiger partial charge is 0.468 e. The molecule has 1 rings (SSSR count). The van der Waals surface area contributed by atoms with Crippen LogP contribution in [0.3, 0.4) is 0 Å². The minimum absolute atomic E-state index is 0.161. The number of alkyl halides is 1. The van der Waals surface area contributed by atoms with E-state index in [4.69, 9.17) is 0 Å². The number of ether oxygens (including phenoxy) is 1. The summed E-state index contributed by atoms with van der Waals surface area (Å²) in [4.78, 5) is 22.0. The van der Waals surface area contributed by atoms with Gasteiger partial charge in [-0.1, -0.05) is 15.9 Å². The van der Waals surface area contributed by atoms with Gasteiger partial charge in [-0.15, -0.1) is 0 Å². The van der Waals surface area contributed by atoms with Crippen molar-refractivity contribution in [3.63, 3.8) is 0 Å². The predicted molar refractivity (Wildman–Crippen MR) is 63.1 cm³/mol. The summed E-state index contributed by atoms with van der Waals surface area (Å²) in [6.45, 7) is 0.241. The van der Waals surface area contributed by atoms with Gasteiger partial charge in [-0.25, -0.2) is 0 Å². The lowest BCUT2D eigenvalue weighted by Gasteiger charge is -2.09. The van der Waals surface area contributed by atoms with Gasteiger partial charge < -0.3 is 9.30 Å². The van der Waals surface area contributed by atoms with Crippen LogP contribution in [0.25, 0.3) is 0 Å². The first-order chi connectivity index (χ1) is 7.04. The number of hydrogen-bond acceptors (Lipinski definition) is 3. The Bertz CT molecular complexity index is 416. The van der Waals surface area contributed by atoms with Crippen LogP contribution in [0.5, 0.6) is 0 Å². The fourth-order valence-corrected chi connectivity index (χ4v) is 1.90. The topological polar surface area (TPSA) is 48.3 Å².